The SMILES string of the molecule is CC(C)CNC(=O)[C@@H](Cc1ccccc1)N(Cc1ccc(Cl)cc1)C(=O)CN(c1ccccc1)S(C)(=O)=O. The molecule has 0 aliphatic rings. The molecule has 3 rings (SSSR count). The summed E-state index contributed by atoms with van der Waals surface area (Å²) >= 11 is 6.07. The normalized spacial score (nSPS) is 12.1. The van der Waals surface area contributed by atoms with Crippen molar-refractivity contribution in [2.45, 2.75) is 32.9 Å². The monoisotopic (exact) mass is 555 g/mol. The molecule has 0 saturated carbocycles. The van der Waals surface area contributed by atoms with E-state index in [1.165, 1.54) is 4.90 Å². The molecule has 3 aromatic rings. The lowest BCUT2D eigenvalue weighted by Crippen LogP contribution is -2.53. The summed E-state index contributed by atoms with van der Waals surface area (Å²) in [5, 5.41) is 3.51. The first kappa shape index (κ1) is 29.2. The number of halogens is 1. The summed E-state index contributed by atoms with van der Waals surface area (Å²) in [5.74, 6) is -0.569. The van der Waals surface area contributed by atoms with Crippen molar-refractivity contribution < 1.29 is 18.0 Å². The number of nitrogens with one attached hydrogen (secondary N) is 1. The number of sulfonamides is 1. The van der Waals surface area contributed by atoms with E-state index in [1.54, 1.807) is 54.6 Å². The second-order valence-electron chi connectivity index (χ2n) is 9.60. The average molecular weight is 556 g/mol. The van der Waals surface area contributed by atoms with Crippen LogP contribution in [-0.4, -0.2) is 50.5 Å². The van der Waals surface area contributed by atoms with Gasteiger partial charge in [0, 0.05) is 24.5 Å². The van der Waals surface area contributed by atoms with Crippen molar-refractivity contribution in [2.24, 2.45) is 5.92 Å². The number of amides is 2. The fraction of sp³-hybridized carbons (Fsp3) is 0.310. The number of carbonyl (C=O) groups is 2. The molecule has 0 bridgehead atoms. The van der Waals surface area contributed by atoms with Crippen molar-refractivity contribution >= 4 is 39.1 Å². The number of rotatable bonds is 12. The van der Waals surface area contributed by atoms with E-state index in [-0.39, 0.29) is 24.8 Å². The Morgan fingerprint density at radius 1 is 0.868 bits per heavy atom. The number of nitrogens with zero attached hydrogens (tertiary/aromatic N) is 2. The highest BCUT2D eigenvalue weighted by Gasteiger charge is 2.33. The Morgan fingerprint density at radius 3 is 2.00 bits per heavy atom. The predicted octanol–water partition coefficient (Wildman–Crippen LogP) is 4.52. The van der Waals surface area contributed by atoms with E-state index in [1.807, 2.05) is 44.2 Å². The molecule has 3 aromatic carbocycles. The molecule has 0 aliphatic carbocycles. The van der Waals surface area contributed by atoms with Crippen LogP contribution in [0.1, 0.15) is 25.0 Å². The zero-order valence-electron chi connectivity index (χ0n) is 21.9. The first-order chi connectivity index (χ1) is 18.0. The zero-order chi connectivity index (χ0) is 27.7. The Hall–Kier alpha value is -3.36. The highest BCUT2D eigenvalue weighted by Crippen LogP contribution is 2.20. The lowest BCUT2D eigenvalue weighted by Gasteiger charge is -2.33. The molecule has 0 aliphatic heterocycles. The number of carbonyl (C=O) groups excluding carboxylic acids is 2. The summed E-state index contributed by atoms with van der Waals surface area (Å²) in [6, 6.07) is 24.1. The highest BCUT2D eigenvalue weighted by molar-refractivity contribution is 7.92. The van der Waals surface area contributed by atoms with Crippen molar-refractivity contribution in [1.82, 2.24) is 10.2 Å². The topological polar surface area (TPSA) is 86.8 Å². The van der Waals surface area contributed by atoms with Crippen LogP contribution in [0.2, 0.25) is 5.02 Å². The third kappa shape index (κ3) is 8.60. The van der Waals surface area contributed by atoms with Crippen LogP contribution in [0.15, 0.2) is 84.9 Å². The van der Waals surface area contributed by atoms with Gasteiger partial charge in [-0.2, -0.15) is 0 Å². The van der Waals surface area contributed by atoms with Crippen molar-refractivity contribution in [3.8, 4) is 0 Å². The fourth-order valence-corrected chi connectivity index (χ4v) is 4.95. The van der Waals surface area contributed by atoms with Gasteiger partial charge in [0.15, 0.2) is 0 Å². The molecule has 0 saturated heterocycles. The van der Waals surface area contributed by atoms with Crippen LogP contribution in [0.4, 0.5) is 5.69 Å². The van der Waals surface area contributed by atoms with E-state index in [0.29, 0.717) is 17.3 Å². The molecule has 0 heterocycles. The minimum absolute atomic E-state index is 0.106. The summed E-state index contributed by atoms with van der Waals surface area (Å²) in [6.07, 6.45) is 1.34. The summed E-state index contributed by atoms with van der Waals surface area (Å²) in [6.45, 7) is 4.10. The molecule has 0 spiro atoms. The number of benzene rings is 3. The van der Waals surface area contributed by atoms with Crippen molar-refractivity contribution in [3.05, 3.63) is 101 Å². The molecular formula is C29H34ClN3O4S. The summed E-state index contributed by atoms with van der Waals surface area (Å²) in [4.78, 5) is 28.9. The molecule has 0 aromatic heterocycles. The van der Waals surface area contributed by atoms with E-state index < -0.39 is 28.5 Å². The van der Waals surface area contributed by atoms with Gasteiger partial charge < -0.3 is 10.2 Å². The van der Waals surface area contributed by atoms with Crippen LogP contribution in [0.3, 0.4) is 0 Å². The number of anilines is 1. The van der Waals surface area contributed by atoms with Gasteiger partial charge in [-0.25, -0.2) is 8.42 Å². The van der Waals surface area contributed by atoms with Crippen LogP contribution in [0.5, 0.6) is 0 Å². The van der Waals surface area contributed by atoms with Crippen LogP contribution in [0.25, 0.3) is 0 Å². The maximum absolute atomic E-state index is 13.9. The van der Waals surface area contributed by atoms with Gasteiger partial charge in [-0.1, -0.05) is 86.1 Å². The Bertz CT molecular complexity index is 1300. The Balaban J connectivity index is 2.02. The standard InChI is InChI=1S/C29H34ClN3O4S/c1-22(2)19-31-29(35)27(18-23-10-6-4-7-11-23)32(20-24-14-16-25(30)17-15-24)28(34)21-33(38(3,36)37)26-12-8-5-9-13-26/h4-17,22,27H,18-21H2,1-3H3,(H,31,35)/t27-/m1/s1. The smallest absolute Gasteiger partial charge is 0.244 e. The van der Waals surface area contributed by atoms with E-state index in [0.717, 1.165) is 21.7 Å². The summed E-state index contributed by atoms with van der Waals surface area (Å²) in [5.41, 5.74) is 2.02. The van der Waals surface area contributed by atoms with Gasteiger partial charge in [0.1, 0.15) is 12.6 Å². The molecule has 9 heteroatoms. The average Bonchev–Trinajstić information content (AvgIpc) is 2.89. The van der Waals surface area contributed by atoms with Crippen LogP contribution >= 0.6 is 11.6 Å². The van der Waals surface area contributed by atoms with E-state index in [9.17, 15) is 18.0 Å². The van der Waals surface area contributed by atoms with Gasteiger partial charge in [0.05, 0.1) is 11.9 Å². The second kappa shape index (κ2) is 13.4. The van der Waals surface area contributed by atoms with Gasteiger partial charge in [0.25, 0.3) is 0 Å². The van der Waals surface area contributed by atoms with Crippen LogP contribution < -0.4 is 9.62 Å². The highest BCUT2D eigenvalue weighted by atomic mass is 35.5. The third-order valence-electron chi connectivity index (χ3n) is 5.95. The zero-order valence-corrected chi connectivity index (χ0v) is 23.5. The van der Waals surface area contributed by atoms with Crippen molar-refractivity contribution in [2.75, 3.05) is 23.7 Å². The van der Waals surface area contributed by atoms with E-state index >= 15 is 0 Å². The lowest BCUT2D eigenvalue weighted by atomic mass is 10.0. The Morgan fingerprint density at radius 2 is 1.45 bits per heavy atom. The molecule has 0 unspecified atom stereocenters. The number of hydrogen-bond acceptors (Lipinski definition) is 4. The van der Waals surface area contributed by atoms with Gasteiger partial charge in [-0.15, -0.1) is 0 Å². The van der Waals surface area contributed by atoms with Gasteiger partial charge >= 0.3 is 0 Å². The minimum atomic E-state index is -3.78. The van der Waals surface area contributed by atoms with Crippen molar-refractivity contribution in [3.63, 3.8) is 0 Å². The van der Waals surface area contributed by atoms with Crippen molar-refractivity contribution in [1.29, 1.82) is 0 Å². The van der Waals surface area contributed by atoms with E-state index in [2.05, 4.69) is 5.32 Å². The molecule has 7 nitrogen and oxygen atoms in total. The van der Waals surface area contributed by atoms with Gasteiger partial charge in [-0.3, -0.25) is 13.9 Å². The predicted molar refractivity (Wildman–Crippen MR) is 152 cm³/mol. The molecule has 202 valence electrons. The molecule has 1 atom stereocenters. The van der Waals surface area contributed by atoms with Crippen LogP contribution in [-0.2, 0) is 32.6 Å². The summed E-state index contributed by atoms with van der Waals surface area (Å²) < 4.78 is 26.5. The number of para-hydroxylation sites is 1. The molecular weight excluding hydrogens is 522 g/mol. The third-order valence-corrected chi connectivity index (χ3v) is 7.34. The lowest BCUT2D eigenvalue weighted by molar-refractivity contribution is -0.140. The Labute approximate surface area is 230 Å². The second-order valence-corrected chi connectivity index (χ2v) is 11.9. The van der Waals surface area contributed by atoms with Gasteiger partial charge in [-0.05, 0) is 41.3 Å². The molecule has 1 N–H and O–H groups in total. The Kier molecular flexibility index (Phi) is 10.3. The maximum Gasteiger partial charge on any atom is 0.244 e. The number of hydrogen-bond donors (Lipinski definition) is 1. The maximum atomic E-state index is 13.9. The van der Waals surface area contributed by atoms with Crippen LogP contribution in [0, 0.1) is 5.92 Å². The molecule has 0 fully saturated rings. The largest absolute Gasteiger partial charge is 0.354 e. The summed E-state index contributed by atoms with van der Waals surface area (Å²) in [7, 11) is -3.78. The minimum Gasteiger partial charge on any atom is -0.354 e. The molecule has 0 radical (unpaired) electrons. The van der Waals surface area contributed by atoms with Gasteiger partial charge in [0.2, 0.25) is 21.8 Å². The first-order valence-electron chi connectivity index (χ1n) is 12.4. The molecule has 2 amide bonds. The van der Waals surface area contributed by atoms with E-state index in [4.69, 9.17) is 11.6 Å². The first-order valence-corrected chi connectivity index (χ1v) is 14.7. The molecule has 38 heavy (non-hydrogen) atoms. The fourth-order valence-electron chi connectivity index (χ4n) is 3.97. The quantitative estimate of drug-likeness (QED) is 0.356.